The van der Waals surface area contributed by atoms with Gasteiger partial charge >= 0.3 is 0 Å². The maximum Gasteiger partial charge on any atom is 0.252 e. The number of benzene rings is 12. The van der Waals surface area contributed by atoms with Crippen LogP contribution in [0.2, 0.25) is 0 Å². The molecule has 0 saturated carbocycles. The van der Waals surface area contributed by atoms with E-state index in [4.69, 9.17) is 0 Å². The number of anilines is 9. The zero-order valence-electron chi connectivity index (χ0n) is 53.2. The van der Waals surface area contributed by atoms with Crippen LogP contribution in [-0.4, -0.2) is 6.71 Å². The van der Waals surface area contributed by atoms with Gasteiger partial charge in [0.1, 0.15) is 0 Å². The van der Waals surface area contributed by atoms with Crippen molar-refractivity contribution >= 4 is 85.1 Å². The topological polar surface area (TPSA) is 9.72 Å². The summed E-state index contributed by atoms with van der Waals surface area (Å²) in [5.41, 5.74) is 30.4. The van der Waals surface area contributed by atoms with Gasteiger partial charge in [-0.25, -0.2) is 0 Å². The molecule has 434 valence electrons. The first-order valence-corrected chi connectivity index (χ1v) is 31.9. The predicted octanol–water partition coefficient (Wildman–Crippen LogP) is 21.6. The molecule has 15 rings (SSSR count). The number of fused-ring (bicyclic) bond motifs is 8. The van der Waals surface area contributed by atoms with E-state index in [1.807, 2.05) is 0 Å². The third kappa shape index (κ3) is 9.33. The van der Waals surface area contributed by atoms with E-state index in [2.05, 4.69) is 352 Å². The van der Waals surface area contributed by atoms with Crippen molar-refractivity contribution in [1.82, 2.24) is 0 Å². The number of hydrogen-bond donors (Lipinski definition) is 0. The van der Waals surface area contributed by atoms with Crippen LogP contribution in [0.3, 0.4) is 0 Å². The Bertz CT molecular complexity index is 4670. The van der Waals surface area contributed by atoms with Gasteiger partial charge in [0, 0.05) is 56.3 Å². The minimum absolute atomic E-state index is 0.00442. The van der Waals surface area contributed by atoms with Crippen molar-refractivity contribution in [3.05, 3.63) is 289 Å². The Labute approximate surface area is 527 Å². The summed E-state index contributed by atoms with van der Waals surface area (Å²) in [6.07, 6.45) is 0. The van der Waals surface area contributed by atoms with Gasteiger partial charge in [-0.05, 0) is 183 Å². The molecule has 0 N–H and O–H groups in total. The van der Waals surface area contributed by atoms with Crippen LogP contribution in [0.15, 0.2) is 261 Å². The molecule has 0 unspecified atom stereocenters. The highest BCUT2D eigenvalue weighted by Crippen LogP contribution is 2.54. The monoisotopic (exact) mass is 1150 g/mol. The van der Waals surface area contributed by atoms with Crippen LogP contribution in [0, 0.1) is 0 Å². The molecular formula is C85H76BN3. The van der Waals surface area contributed by atoms with Crippen molar-refractivity contribution in [3.8, 4) is 44.5 Å². The number of hydrogen-bond acceptors (Lipinski definition) is 3. The van der Waals surface area contributed by atoms with Crippen LogP contribution in [0.1, 0.15) is 104 Å². The molecule has 0 amide bonds. The first kappa shape index (κ1) is 55.9. The van der Waals surface area contributed by atoms with E-state index >= 15 is 0 Å². The fourth-order valence-electron chi connectivity index (χ4n) is 14.8. The highest BCUT2D eigenvalue weighted by Gasteiger charge is 2.45. The maximum absolute atomic E-state index is 2.62. The number of nitrogens with zero attached hydrogens (tertiary/aromatic N) is 3. The lowest BCUT2D eigenvalue weighted by molar-refractivity contribution is 0.590. The van der Waals surface area contributed by atoms with Crippen molar-refractivity contribution in [1.29, 1.82) is 0 Å². The highest BCUT2D eigenvalue weighted by atomic mass is 15.2. The Morgan fingerprint density at radius 2 is 0.843 bits per heavy atom. The third-order valence-electron chi connectivity index (χ3n) is 19.5. The van der Waals surface area contributed by atoms with Crippen molar-refractivity contribution in [2.75, 3.05) is 14.7 Å². The summed E-state index contributed by atoms with van der Waals surface area (Å²) in [5, 5.41) is 2.43. The van der Waals surface area contributed by atoms with Crippen molar-refractivity contribution < 1.29 is 0 Å². The molecule has 2 aliphatic heterocycles. The zero-order valence-corrected chi connectivity index (χ0v) is 53.2. The third-order valence-corrected chi connectivity index (χ3v) is 19.5. The maximum atomic E-state index is 2.62. The van der Waals surface area contributed by atoms with E-state index in [1.165, 1.54) is 117 Å². The molecule has 12 aromatic rings. The summed E-state index contributed by atoms with van der Waals surface area (Å²) in [6, 6.07) is 99.2. The van der Waals surface area contributed by atoms with Crippen LogP contribution >= 0.6 is 0 Å². The van der Waals surface area contributed by atoms with E-state index in [0.29, 0.717) is 0 Å². The molecule has 12 aromatic carbocycles. The van der Waals surface area contributed by atoms with Crippen LogP contribution < -0.4 is 31.1 Å². The summed E-state index contributed by atoms with van der Waals surface area (Å²) in [5.74, 6) is 0. The van der Waals surface area contributed by atoms with E-state index in [-0.39, 0.29) is 28.4 Å². The van der Waals surface area contributed by atoms with Gasteiger partial charge in [0.2, 0.25) is 0 Å². The zero-order chi connectivity index (χ0) is 61.3. The fourth-order valence-corrected chi connectivity index (χ4v) is 14.8. The molecule has 0 saturated heterocycles. The van der Waals surface area contributed by atoms with Gasteiger partial charge < -0.3 is 14.7 Å². The molecule has 4 heteroatoms. The van der Waals surface area contributed by atoms with Crippen molar-refractivity contribution in [2.45, 2.75) is 97.8 Å². The Morgan fingerprint density at radius 3 is 1.48 bits per heavy atom. The van der Waals surface area contributed by atoms with Crippen molar-refractivity contribution in [2.24, 2.45) is 0 Å². The summed E-state index contributed by atoms with van der Waals surface area (Å²) >= 11 is 0. The van der Waals surface area contributed by atoms with Crippen LogP contribution in [0.25, 0.3) is 55.3 Å². The Morgan fingerprint density at radius 1 is 0.326 bits per heavy atom. The highest BCUT2D eigenvalue weighted by molar-refractivity contribution is 7.00. The predicted molar refractivity (Wildman–Crippen MR) is 383 cm³/mol. The Hall–Kier alpha value is -9.64. The lowest BCUT2D eigenvalue weighted by Crippen LogP contribution is -2.61. The van der Waals surface area contributed by atoms with Gasteiger partial charge in [-0.3, -0.25) is 0 Å². The lowest BCUT2D eigenvalue weighted by Gasteiger charge is -2.45. The molecule has 89 heavy (non-hydrogen) atoms. The molecule has 0 aromatic heterocycles. The molecular weight excluding hydrogens is 1070 g/mol. The first-order valence-electron chi connectivity index (χ1n) is 31.9. The molecule has 0 spiro atoms. The standard InChI is InChI=1S/C85H76BN3/c1-82(2,3)59-36-42-62(43-37-59)87(63-44-38-60(39-45-63)83(4,5)6)65-46-48-73-77(54-65)88(64-40-33-57(34-41-64)67-30-22-31-71-69-28-20-21-32-72(69)85(10,11)80(67)71)78-52-61(84(7,8)9)53-79-81(78)86(73)74-51-58(55-23-14-12-15-24-55)35-49-76(74)89(79)75-50-47-66(56-25-16-13-17-26-56)68-27-18-19-29-70(68)75/h12-54H,1-11H3. The summed E-state index contributed by atoms with van der Waals surface area (Å²) in [7, 11) is 0. The van der Waals surface area contributed by atoms with Crippen LogP contribution in [0.4, 0.5) is 51.2 Å². The Kier molecular flexibility index (Phi) is 13.0. The van der Waals surface area contributed by atoms with Gasteiger partial charge in [-0.1, -0.05) is 264 Å². The quantitative estimate of drug-likeness (QED) is 0.140. The normalized spacial score (nSPS) is 13.8. The fraction of sp³-hybridized carbons (Fsp3) is 0.176. The SMILES string of the molecule is CC(C)(C)c1ccc(N(c2ccc(C(C)(C)C)cc2)c2ccc3c(c2)N(c2ccc(-c4cccc5c4C(C)(C)c4ccccc4-5)cc2)c2cc(C(C)(C)C)cc4c2B3c2cc(-c3ccccc3)ccc2N4c2ccc(-c3ccccc3)c3ccccc23)cc1. The van der Waals surface area contributed by atoms with Crippen LogP contribution in [0.5, 0.6) is 0 Å². The molecule has 2 heterocycles. The molecule has 0 fully saturated rings. The molecule has 3 aliphatic rings. The number of rotatable bonds is 8. The average Bonchev–Trinajstić information content (AvgIpc) is 0.950. The van der Waals surface area contributed by atoms with Gasteiger partial charge in [0.15, 0.2) is 0 Å². The smallest absolute Gasteiger partial charge is 0.252 e. The molecule has 1 aliphatic carbocycles. The van der Waals surface area contributed by atoms with Gasteiger partial charge in [-0.15, -0.1) is 0 Å². The molecule has 0 bridgehead atoms. The minimum atomic E-state index is -0.214. The lowest BCUT2D eigenvalue weighted by atomic mass is 9.33. The van der Waals surface area contributed by atoms with E-state index in [1.54, 1.807) is 0 Å². The molecule has 0 atom stereocenters. The summed E-state index contributed by atoms with van der Waals surface area (Å²) in [4.78, 5) is 7.70. The second kappa shape index (κ2) is 20.7. The first-order chi connectivity index (χ1) is 42.8. The van der Waals surface area contributed by atoms with E-state index in [0.717, 1.165) is 34.1 Å². The second-order valence-electron chi connectivity index (χ2n) is 28.6. The summed E-state index contributed by atoms with van der Waals surface area (Å²) in [6.45, 7) is 25.6. The van der Waals surface area contributed by atoms with Gasteiger partial charge in [0.25, 0.3) is 6.71 Å². The Balaban J connectivity index is 1.01. The molecule has 3 nitrogen and oxygen atoms in total. The second-order valence-corrected chi connectivity index (χ2v) is 28.6. The van der Waals surface area contributed by atoms with E-state index < -0.39 is 0 Å². The molecule has 0 radical (unpaired) electrons. The average molecular weight is 1150 g/mol. The largest absolute Gasteiger partial charge is 0.311 e. The summed E-state index contributed by atoms with van der Waals surface area (Å²) < 4.78 is 0. The minimum Gasteiger partial charge on any atom is -0.311 e. The van der Waals surface area contributed by atoms with Gasteiger partial charge in [-0.2, -0.15) is 0 Å². The van der Waals surface area contributed by atoms with Crippen molar-refractivity contribution in [3.63, 3.8) is 0 Å². The van der Waals surface area contributed by atoms with Gasteiger partial charge in [0.05, 0.1) is 5.69 Å². The van der Waals surface area contributed by atoms with E-state index in [9.17, 15) is 0 Å². The van der Waals surface area contributed by atoms with Crippen LogP contribution in [-0.2, 0) is 21.7 Å².